The fourth-order valence-electron chi connectivity index (χ4n) is 2.71. The topological polar surface area (TPSA) is 38.4 Å². The summed E-state index contributed by atoms with van der Waals surface area (Å²) in [7, 11) is 0. The Bertz CT molecular complexity index is 679. The Morgan fingerprint density at radius 1 is 1.05 bits per heavy atom. The standard InChI is InChI=1S/C20H26N2/c1-6-13(2)20(18-11-10-17(21)12-16(18)5)22-19-14(3)8-7-9-15(19)4/h7-13H,6,21H2,1-5H3. The van der Waals surface area contributed by atoms with E-state index in [-0.39, 0.29) is 0 Å². The zero-order chi connectivity index (χ0) is 16.3. The van der Waals surface area contributed by atoms with Gasteiger partial charge in [0.1, 0.15) is 0 Å². The molecule has 0 aliphatic rings. The summed E-state index contributed by atoms with van der Waals surface area (Å²) in [5, 5.41) is 0. The second-order valence-corrected chi connectivity index (χ2v) is 6.12. The first-order valence-electron chi connectivity index (χ1n) is 7.95. The molecule has 0 saturated carbocycles. The first kappa shape index (κ1) is 16.3. The minimum Gasteiger partial charge on any atom is -0.399 e. The van der Waals surface area contributed by atoms with Gasteiger partial charge in [-0.15, -0.1) is 0 Å². The second-order valence-electron chi connectivity index (χ2n) is 6.12. The van der Waals surface area contributed by atoms with Crippen molar-refractivity contribution in [3.63, 3.8) is 0 Å². The van der Waals surface area contributed by atoms with E-state index in [0.717, 1.165) is 23.5 Å². The molecule has 2 N–H and O–H groups in total. The first-order chi connectivity index (χ1) is 10.4. The zero-order valence-corrected chi connectivity index (χ0v) is 14.3. The Balaban J connectivity index is 2.63. The van der Waals surface area contributed by atoms with Crippen molar-refractivity contribution in [3.05, 3.63) is 58.7 Å². The lowest BCUT2D eigenvalue weighted by atomic mass is 9.92. The summed E-state index contributed by atoms with van der Waals surface area (Å²) in [5.41, 5.74) is 13.8. The highest BCUT2D eigenvalue weighted by molar-refractivity contribution is 6.05. The quantitative estimate of drug-likeness (QED) is 0.598. The van der Waals surface area contributed by atoms with Crippen molar-refractivity contribution >= 4 is 17.1 Å². The molecule has 0 radical (unpaired) electrons. The molecule has 0 aliphatic heterocycles. The van der Waals surface area contributed by atoms with Gasteiger partial charge in [0, 0.05) is 5.69 Å². The van der Waals surface area contributed by atoms with Crippen molar-refractivity contribution in [1.82, 2.24) is 0 Å². The highest BCUT2D eigenvalue weighted by Crippen LogP contribution is 2.27. The van der Waals surface area contributed by atoms with Gasteiger partial charge in [-0.25, -0.2) is 0 Å². The van der Waals surface area contributed by atoms with Gasteiger partial charge in [-0.2, -0.15) is 0 Å². The number of aryl methyl sites for hydroxylation is 3. The summed E-state index contributed by atoms with van der Waals surface area (Å²) in [5.74, 6) is 0.404. The van der Waals surface area contributed by atoms with Crippen LogP contribution in [0.25, 0.3) is 0 Å². The van der Waals surface area contributed by atoms with Crippen LogP contribution >= 0.6 is 0 Å². The van der Waals surface area contributed by atoms with Crippen LogP contribution in [0.15, 0.2) is 41.4 Å². The highest BCUT2D eigenvalue weighted by Gasteiger charge is 2.15. The van der Waals surface area contributed by atoms with Gasteiger partial charge in [0.15, 0.2) is 0 Å². The molecule has 2 aromatic rings. The van der Waals surface area contributed by atoms with Crippen molar-refractivity contribution in [2.45, 2.75) is 41.0 Å². The molecule has 2 rings (SSSR count). The van der Waals surface area contributed by atoms with Crippen molar-refractivity contribution in [2.75, 3.05) is 5.73 Å². The highest BCUT2D eigenvalue weighted by atomic mass is 14.8. The van der Waals surface area contributed by atoms with Gasteiger partial charge in [0.05, 0.1) is 11.4 Å². The molecule has 1 unspecified atom stereocenters. The van der Waals surface area contributed by atoms with Crippen molar-refractivity contribution in [3.8, 4) is 0 Å². The number of para-hydroxylation sites is 1. The molecular weight excluding hydrogens is 268 g/mol. The smallest absolute Gasteiger partial charge is 0.0691 e. The monoisotopic (exact) mass is 294 g/mol. The predicted octanol–water partition coefficient (Wildman–Crippen LogP) is 5.36. The van der Waals surface area contributed by atoms with E-state index in [2.05, 4.69) is 58.9 Å². The summed E-state index contributed by atoms with van der Waals surface area (Å²) < 4.78 is 0. The van der Waals surface area contributed by atoms with Crippen molar-refractivity contribution < 1.29 is 0 Å². The van der Waals surface area contributed by atoms with E-state index in [1.165, 1.54) is 22.3 Å². The summed E-state index contributed by atoms with van der Waals surface area (Å²) >= 11 is 0. The minimum absolute atomic E-state index is 0.404. The first-order valence-corrected chi connectivity index (χ1v) is 7.95. The Kier molecular flexibility index (Phi) is 5.02. The van der Waals surface area contributed by atoms with E-state index in [1.807, 2.05) is 12.1 Å². The molecule has 2 heteroatoms. The van der Waals surface area contributed by atoms with Gasteiger partial charge in [-0.3, -0.25) is 4.99 Å². The fraction of sp³-hybridized carbons (Fsp3) is 0.350. The summed E-state index contributed by atoms with van der Waals surface area (Å²) in [6.45, 7) is 10.8. The van der Waals surface area contributed by atoms with Crippen LogP contribution in [0, 0.1) is 26.7 Å². The number of nitrogens with two attached hydrogens (primary N) is 1. The Labute approximate surface area is 134 Å². The predicted molar refractivity (Wildman–Crippen MR) is 97.2 cm³/mol. The number of aliphatic imine (C=N–C) groups is 1. The van der Waals surface area contributed by atoms with Crippen LogP contribution in [0.5, 0.6) is 0 Å². The molecule has 22 heavy (non-hydrogen) atoms. The number of hydrogen-bond acceptors (Lipinski definition) is 2. The third kappa shape index (κ3) is 3.38. The Hall–Kier alpha value is -2.09. The number of nitrogens with zero attached hydrogens (tertiary/aromatic N) is 1. The molecule has 0 fully saturated rings. The second kappa shape index (κ2) is 6.78. The molecular formula is C20H26N2. The molecule has 116 valence electrons. The number of hydrogen-bond donors (Lipinski definition) is 1. The minimum atomic E-state index is 0.404. The van der Waals surface area contributed by atoms with E-state index in [0.29, 0.717) is 5.92 Å². The van der Waals surface area contributed by atoms with Crippen LogP contribution < -0.4 is 5.73 Å². The Morgan fingerprint density at radius 3 is 2.23 bits per heavy atom. The van der Waals surface area contributed by atoms with E-state index in [4.69, 9.17) is 10.7 Å². The molecule has 0 bridgehead atoms. The number of benzene rings is 2. The molecule has 1 atom stereocenters. The average molecular weight is 294 g/mol. The zero-order valence-electron chi connectivity index (χ0n) is 14.3. The van der Waals surface area contributed by atoms with E-state index < -0.39 is 0 Å². The van der Waals surface area contributed by atoms with Gasteiger partial charge < -0.3 is 5.73 Å². The lowest BCUT2D eigenvalue weighted by molar-refractivity contribution is 0.739. The number of rotatable bonds is 4. The maximum absolute atomic E-state index is 5.90. The third-order valence-electron chi connectivity index (χ3n) is 4.28. The molecule has 0 aromatic heterocycles. The summed E-state index contributed by atoms with van der Waals surface area (Å²) in [4.78, 5) is 5.07. The molecule has 0 saturated heterocycles. The van der Waals surface area contributed by atoms with Crippen molar-refractivity contribution in [2.24, 2.45) is 10.9 Å². The Morgan fingerprint density at radius 2 is 1.68 bits per heavy atom. The van der Waals surface area contributed by atoms with E-state index in [1.54, 1.807) is 0 Å². The van der Waals surface area contributed by atoms with Crippen LogP contribution in [0.1, 0.15) is 42.5 Å². The van der Waals surface area contributed by atoms with Crippen LogP contribution in [0.4, 0.5) is 11.4 Å². The maximum Gasteiger partial charge on any atom is 0.0691 e. The molecule has 2 nitrogen and oxygen atoms in total. The van der Waals surface area contributed by atoms with Crippen LogP contribution in [0.3, 0.4) is 0 Å². The van der Waals surface area contributed by atoms with Gasteiger partial charge >= 0.3 is 0 Å². The number of anilines is 1. The molecule has 0 heterocycles. The van der Waals surface area contributed by atoms with Gasteiger partial charge in [0.2, 0.25) is 0 Å². The normalized spacial score (nSPS) is 13.2. The third-order valence-corrected chi connectivity index (χ3v) is 4.28. The van der Waals surface area contributed by atoms with E-state index in [9.17, 15) is 0 Å². The number of nitrogen functional groups attached to an aromatic ring is 1. The molecule has 0 aliphatic carbocycles. The lowest BCUT2D eigenvalue weighted by Crippen LogP contribution is -2.13. The van der Waals surface area contributed by atoms with Crippen LogP contribution in [-0.4, -0.2) is 5.71 Å². The van der Waals surface area contributed by atoms with Crippen molar-refractivity contribution in [1.29, 1.82) is 0 Å². The lowest BCUT2D eigenvalue weighted by Gasteiger charge is -2.17. The summed E-state index contributed by atoms with van der Waals surface area (Å²) in [6, 6.07) is 12.4. The largest absolute Gasteiger partial charge is 0.399 e. The van der Waals surface area contributed by atoms with Gasteiger partial charge in [0.25, 0.3) is 0 Å². The molecule has 0 spiro atoms. The SMILES string of the molecule is CCC(C)C(=Nc1c(C)cccc1C)c1ccc(N)cc1C. The molecule has 2 aromatic carbocycles. The maximum atomic E-state index is 5.90. The average Bonchev–Trinajstić information content (AvgIpc) is 2.47. The van der Waals surface area contributed by atoms with E-state index >= 15 is 0 Å². The molecule has 0 amide bonds. The summed E-state index contributed by atoms with van der Waals surface area (Å²) in [6.07, 6.45) is 1.06. The fourth-order valence-corrected chi connectivity index (χ4v) is 2.71. The van der Waals surface area contributed by atoms with Gasteiger partial charge in [-0.05, 0) is 67.5 Å². The van der Waals surface area contributed by atoms with Crippen LogP contribution in [-0.2, 0) is 0 Å². The van der Waals surface area contributed by atoms with Crippen LogP contribution in [0.2, 0.25) is 0 Å². The van der Waals surface area contributed by atoms with Gasteiger partial charge in [-0.1, -0.05) is 38.1 Å².